The number of hydrogen-bond donors (Lipinski definition) is 1. The molecule has 2 aromatic carbocycles. The average molecular weight is 337 g/mol. The number of para-hydroxylation sites is 1. The Bertz CT molecular complexity index is 842. The number of methoxy groups -OCH3 is 1. The summed E-state index contributed by atoms with van der Waals surface area (Å²) in [5.74, 6) is -0.812. The first-order valence-corrected chi connectivity index (χ1v) is 7.96. The number of ketones is 1. The summed E-state index contributed by atoms with van der Waals surface area (Å²) in [7, 11) is 1.54. The number of ether oxygens (including phenoxy) is 1. The van der Waals surface area contributed by atoms with Gasteiger partial charge in [0.05, 0.1) is 18.7 Å². The van der Waals surface area contributed by atoms with Gasteiger partial charge in [-0.05, 0) is 18.6 Å². The highest BCUT2D eigenvalue weighted by Crippen LogP contribution is 2.41. The van der Waals surface area contributed by atoms with E-state index in [1.165, 1.54) is 18.9 Å². The number of Topliss-reactive ketones (excluding diaryl/α,β-unsaturated/α-hetero) is 1. The van der Waals surface area contributed by atoms with Crippen LogP contribution in [0, 0.1) is 0 Å². The second-order valence-electron chi connectivity index (χ2n) is 5.88. The van der Waals surface area contributed by atoms with Crippen molar-refractivity contribution in [2.75, 3.05) is 7.11 Å². The zero-order valence-electron chi connectivity index (χ0n) is 14.1. The molecule has 0 fully saturated rings. The van der Waals surface area contributed by atoms with E-state index in [1.807, 2.05) is 42.5 Å². The van der Waals surface area contributed by atoms with Crippen LogP contribution in [0.4, 0.5) is 0 Å². The molecular weight excluding hydrogens is 318 g/mol. The summed E-state index contributed by atoms with van der Waals surface area (Å²) in [4.78, 5) is 26.3. The van der Waals surface area contributed by atoms with Crippen LogP contribution in [0.15, 0.2) is 65.9 Å². The molecule has 1 unspecified atom stereocenters. The number of carbonyl (C=O) groups is 2. The van der Waals surface area contributed by atoms with Gasteiger partial charge in [-0.25, -0.2) is 0 Å². The molecule has 5 nitrogen and oxygen atoms in total. The molecule has 3 rings (SSSR count). The van der Waals surface area contributed by atoms with Gasteiger partial charge in [0.2, 0.25) is 0 Å². The van der Waals surface area contributed by atoms with Crippen molar-refractivity contribution in [1.82, 2.24) is 4.90 Å². The summed E-state index contributed by atoms with van der Waals surface area (Å²) < 4.78 is 5.40. The maximum atomic E-state index is 12.6. The van der Waals surface area contributed by atoms with Crippen LogP contribution in [0.2, 0.25) is 0 Å². The predicted octanol–water partition coefficient (Wildman–Crippen LogP) is 3.18. The van der Waals surface area contributed by atoms with Crippen LogP contribution in [-0.2, 0) is 16.1 Å². The first-order chi connectivity index (χ1) is 12.0. The third kappa shape index (κ3) is 3.01. The number of carbonyl (C=O) groups excluding carboxylic acids is 2. The second-order valence-corrected chi connectivity index (χ2v) is 5.88. The maximum absolute atomic E-state index is 12.6. The number of nitrogens with zero attached hydrogens (tertiary/aromatic N) is 1. The Morgan fingerprint density at radius 2 is 1.76 bits per heavy atom. The Kier molecular flexibility index (Phi) is 4.57. The summed E-state index contributed by atoms with van der Waals surface area (Å²) in [6.45, 7) is 1.64. The fourth-order valence-electron chi connectivity index (χ4n) is 3.17. The lowest BCUT2D eigenvalue weighted by Crippen LogP contribution is -2.30. The lowest BCUT2D eigenvalue weighted by Gasteiger charge is -2.27. The van der Waals surface area contributed by atoms with Crippen molar-refractivity contribution in [2.24, 2.45) is 0 Å². The number of aliphatic hydroxyl groups is 1. The fraction of sp³-hybridized carbons (Fsp3) is 0.200. The van der Waals surface area contributed by atoms with E-state index in [0.29, 0.717) is 11.3 Å². The first-order valence-electron chi connectivity index (χ1n) is 7.96. The van der Waals surface area contributed by atoms with E-state index in [1.54, 1.807) is 12.1 Å². The smallest absolute Gasteiger partial charge is 0.290 e. The molecule has 0 aliphatic carbocycles. The first kappa shape index (κ1) is 16.8. The molecule has 1 heterocycles. The van der Waals surface area contributed by atoms with Gasteiger partial charge in [0.1, 0.15) is 5.75 Å². The average Bonchev–Trinajstić information content (AvgIpc) is 2.87. The molecule has 128 valence electrons. The van der Waals surface area contributed by atoms with Crippen molar-refractivity contribution in [2.45, 2.75) is 19.5 Å². The van der Waals surface area contributed by atoms with Crippen LogP contribution in [0.25, 0.3) is 0 Å². The molecule has 0 saturated heterocycles. The van der Waals surface area contributed by atoms with Gasteiger partial charge in [0, 0.05) is 12.1 Å². The standard InChI is InChI=1S/C20H19NO4/c1-13(22)17-18(15-10-6-7-11-16(15)25-2)21(20(24)19(17)23)12-14-8-4-3-5-9-14/h3-11,18,23H,12H2,1-2H3. The number of aliphatic hydroxyl groups excluding tert-OH is 1. The van der Waals surface area contributed by atoms with Crippen molar-refractivity contribution in [1.29, 1.82) is 0 Å². The molecule has 0 aromatic heterocycles. The van der Waals surface area contributed by atoms with Crippen LogP contribution in [-0.4, -0.2) is 28.8 Å². The van der Waals surface area contributed by atoms with Crippen molar-refractivity contribution < 1.29 is 19.4 Å². The quantitative estimate of drug-likeness (QED) is 0.910. The van der Waals surface area contributed by atoms with Crippen molar-refractivity contribution in [3.8, 4) is 5.75 Å². The molecule has 1 amide bonds. The second kappa shape index (κ2) is 6.81. The molecule has 0 bridgehead atoms. The highest BCUT2D eigenvalue weighted by atomic mass is 16.5. The normalized spacial score (nSPS) is 17.1. The topological polar surface area (TPSA) is 66.8 Å². The Balaban J connectivity index is 2.10. The van der Waals surface area contributed by atoms with E-state index < -0.39 is 17.7 Å². The molecule has 1 N–H and O–H groups in total. The van der Waals surface area contributed by atoms with E-state index in [9.17, 15) is 14.7 Å². The molecule has 0 spiro atoms. The fourth-order valence-corrected chi connectivity index (χ4v) is 3.17. The van der Waals surface area contributed by atoms with E-state index in [2.05, 4.69) is 0 Å². The number of rotatable bonds is 5. The Hall–Kier alpha value is -3.08. The molecule has 25 heavy (non-hydrogen) atoms. The van der Waals surface area contributed by atoms with Crippen molar-refractivity contribution in [3.05, 3.63) is 77.1 Å². The maximum Gasteiger partial charge on any atom is 0.290 e. The van der Waals surface area contributed by atoms with Gasteiger partial charge in [0.15, 0.2) is 11.5 Å². The van der Waals surface area contributed by atoms with Crippen LogP contribution in [0.1, 0.15) is 24.1 Å². The molecule has 2 aromatic rings. The summed E-state index contributed by atoms with van der Waals surface area (Å²) in [5.41, 5.74) is 1.68. The Labute approximate surface area is 146 Å². The summed E-state index contributed by atoms with van der Waals surface area (Å²) in [6, 6.07) is 16.0. The van der Waals surface area contributed by atoms with Crippen LogP contribution in [0.3, 0.4) is 0 Å². The zero-order chi connectivity index (χ0) is 18.0. The van der Waals surface area contributed by atoms with Gasteiger partial charge < -0.3 is 14.7 Å². The third-order valence-electron chi connectivity index (χ3n) is 4.31. The van der Waals surface area contributed by atoms with Gasteiger partial charge in [-0.2, -0.15) is 0 Å². The molecule has 1 atom stereocenters. The van der Waals surface area contributed by atoms with Crippen molar-refractivity contribution >= 4 is 11.7 Å². The lowest BCUT2D eigenvalue weighted by atomic mass is 9.95. The third-order valence-corrected chi connectivity index (χ3v) is 4.31. The molecule has 0 radical (unpaired) electrons. The highest BCUT2D eigenvalue weighted by molar-refractivity contribution is 6.08. The number of amides is 1. The lowest BCUT2D eigenvalue weighted by molar-refractivity contribution is -0.130. The number of hydrogen-bond acceptors (Lipinski definition) is 4. The van der Waals surface area contributed by atoms with E-state index in [0.717, 1.165) is 5.56 Å². The van der Waals surface area contributed by atoms with E-state index in [-0.39, 0.29) is 17.9 Å². The van der Waals surface area contributed by atoms with Crippen LogP contribution in [0.5, 0.6) is 5.75 Å². The summed E-state index contributed by atoms with van der Waals surface area (Å²) in [6.07, 6.45) is 0. The Morgan fingerprint density at radius 3 is 2.40 bits per heavy atom. The van der Waals surface area contributed by atoms with E-state index in [4.69, 9.17) is 4.74 Å². The summed E-state index contributed by atoms with van der Waals surface area (Å²) in [5, 5.41) is 10.3. The highest BCUT2D eigenvalue weighted by Gasteiger charge is 2.43. The largest absolute Gasteiger partial charge is 0.503 e. The van der Waals surface area contributed by atoms with Crippen LogP contribution >= 0.6 is 0 Å². The molecule has 5 heteroatoms. The van der Waals surface area contributed by atoms with E-state index >= 15 is 0 Å². The number of benzene rings is 2. The molecular formula is C20H19NO4. The van der Waals surface area contributed by atoms with Gasteiger partial charge in [-0.15, -0.1) is 0 Å². The minimum absolute atomic E-state index is 0.102. The SMILES string of the molecule is COc1ccccc1C1C(C(C)=O)=C(O)C(=O)N1Cc1ccccc1. The van der Waals surface area contributed by atoms with Crippen molar-refractivity contribution in [3.63, 3.8) is 0 Å². The van der Waals surface area contributed by atoms with Gasteiger partial charge in [0.25, 0.3) is 5.91 Å². The van der Waals surface area contributed by atoms with Gasteiger partial charge >= 0.3 is 0 Å². The van der Waals surface area contributed by atoms with Gasteiger partial charge in [-0.1, -0.05) is 48.5 Å². The monoisotopic (exact) mass is 337 g/mol. The molecule has 1 aliphatic heterocycles. The zero-order valence-corrected chi connectivity index (χ0v) is 14.1. The molecule has 0 saturated carbocycles. The van der Waals surface area contributed by atoms with Crippen LogP contribution < -0.4 is 4.74 Å². The summed E-state index contributed by atoms with van der Waals surface area (Å²) >= 11 is 0. The minimum atomic E-state index is -0.679. The minimum Gasteiger partial charge on any atom is -0.503 e. The molecule has 1 aliphatic rings. The van der Waals surface area contributed by atoms with Gasteiger partial charge in [-0.3, -0.25) is 9.59 Å². The Morgan fingerprint density at radius 1 is 1.12 bits per heavy atom. The predicted molar refractivity (Wildman–Crippen MR) is 93.1 cm³/mol.